The van der Waals surface area contributed by atoms with Gasteiger partial charge in [-0.3, -0.25) is 13.9 Å². The van der Waals surface area contributed by atoms with Gasteiger partial charge < -0.3 is 15.0 Å². The number of hydrogen-bond acceptors (Lipinski definition) is 5. The summed E-state index contributed by atoms with van der Waals surface area (Å²) in [5, 5.41) is 3.19. The van der Waals surface area contributed by atoms with E-state index in [9.17, 15) is 18.0 Å². The Morgan fingerprint density at radius 3 is 2.02 bits per heavy atom. The number of ether oxygens (including phenoxy) is 1. The predicted molar refractivity (Wildman–Crippen MR) is 185 cm³/mol. The molecule has 8 nitrogen and oxygen atoms in total. The number of carbonyl (C=O) groups excluding carboxylic acids is 2. The molecule has 4 aromatic rings. The van der Waals surface area contributed by atoms with Crippen molar-refractivity contribution in [3.63, 3.8) is 0 Å². The van der Waals surface area contributed by atoms with Gasteiger partial charge in [-0.25, -0.2) is 8.42 Å². The first-order valence-electron chi connectivity index (χ1n) is 16.3. The lowest BCUT2D eigenvalue weighted by Crippen LogP contribution is -2.54. The highest BCUT2D eigenvalue weighted by atomic mass is 32.2. The molecule has 0 radical (unpaired) electrons. The van der Waals surface area contributed by atoms with Gasteiger partial charge in [-0.1, -0.05) is 92.4 Å². The normalized spacial score (nSPS) is 14.2. The summed E-state index contributed by atoms with van der Waals surface area (Å²) >= 11 is 0. The first-order chi connectivity index (χ1) is 22.7. The van der Waals surface area contributed by atoms with Crippen molar-refractivity contribution >= 4 is 27.5 Å². The molecule has 0 spiro atoms. The Morgan fingerprint density at radius 1 is 0.809 bits per heavy atom. The number of hydrogen-bond donors (Lipinski definition) is 1. The number of nitrogens with one attached hydrogen (secondary N) is 1. The Labute approximate surface area is 278 Å². The molecule has 0 saturated heterocycles. The van der Waals surface area contributed by atoms with Gasteiger partial charge in [0.15, 0.2) is 0 Å². The summed E-state index contributed by atoms with van der Waals surface area (Å²) in [6.07, 6.45) is 5.51. The fourth-order valence-electron chi connectivity index (χ4n) is 5.91. The average molecular weight is 654 g/mol. The zero-order valence-electron chi connectivity index (χ0n) is 27.0. The fourth-order valence-corrected chi connectivity index (χ4v) is 7.34. The van der Waals surface area contributed by atoms with Crippen LogP contribution in [0.15, 0.2) is 114 Å². The maximum Gasteiger partial charge on any atom is 0.264 e. The molecular weight excluding hydrogens is 611 g/mol. The molecule has 0 bridgehead atoms. The summed E-state index contributed by atoms with van der Waals surface area (Å²) in [5.74, 6) is 0.489. The van der Waals surface area contributed by atoms with E-state index >= 15 is 0 Å². The highest BCUT2D eigenvalue weighted by Gasteiger charge is 2.34. The van der Waals surface area contributed by atoms with E-state index in [0.717, 1.165) is 47.5 Å². The third-order valence-corrected chi connectivity index (χ3v) is 10.3. The monoisotopic (exact) mass is 653 g/mol. The molecule has 0 aromatic heterocycles. The summed E-state index contributed by atoms with van der Waals surface area (Å²) in [5.41, 5.74) is 2.24. The van der Waals surface area contributed by atoms with E-state index in [4.69, 9.17) is 4.74 Å². The Morgan fingerprint density at radius 2 is 1.40 bits per heavy atom. The second kappa shape index (κ2) is 15.8. The number of anilines is 1. The third kappa shape index (κ3) is 8.80. The molecule has 0 aliphatic heterocycles. The van der Waals surface area contributed by atoms with Gasteiger partial charge in [0.05, 0.1) is 10.6 Å². The largest absolute Gasteiger partial charge is 0.457 e. The number of benzene rings is 4. The standard InChI is InChI=1S/C38H43N3O5S/c1-3-36(38(43)39-31-13-7-4-8-14-31)40(27-30-21-19-29(2)20-22-30)37(42)28-41(47(44,45)35-17-11-6-12-18-35)32-23-25-34(26-24-32)46-33-15-9-5-10-16-33/h5-6,9-12,15-26,31,36H,3-4,7-8,13-14,27-28H2,1-2H3,(H,39,43). The minimum Gasteiger partial charge on any atom is -0.457 e. The molecule has 0 heterocycles. The van der Waals surface area contributed by atoms with Gasteiger partial charge in [0, 0.05) is 12.6 Å². The molecule has 1 aliphatic rings. The number of nitrogens with zero attached hydrogens (tertiary/aromatic N) is 2. The topological polar surface area (TPSA) is 96.0 Å². The minimum absolute atomic E-state index is 0.0598. The molecule has 1 unspecified atom stereocenters. The van der Waals surface area contributed by atoms with Crippen LogP contribution in [0.5, 0.6) is 11.5 Å². The lowest BCUT2D eigenvalue weighted by molar-refractivity contribution is -0.140. The SMILES string of the molecule is CCC(C(=O)NC1CCCCC1)N(Cc1ccc(C)cc1)C(=O)CN(c1ccc(Oc2ccccc2)cc1)S(=O)(=O)c1ccccc1. The van der Waals surface area contributed by atoms with Crippen molar-refractivity contribution in [2.45, 2.75) is 75.9 Å². The van der Waals surface area contributed by atoms with Crippen LogP contribution < -0.4 is 14.4 Å². The van der Waals surface area contributed by atoms with E-state index in [2.05, 4.69) is 5.32 Å². The van der Waals surface area contributed by atoms with E-state index < -0.39 is 28.5 Å². The summed E-state index contributed by atoms with van der Waals surface area (Å²) in [7, 11) is -4.16. The fraction of sp³-hybridized carbons (Fsp3) is 0.316. The first kappa shape index (κ1) is 33.7. The minimum atomic E-state index is -4.16. The molecule has 1 fully saturated rings. The molecule has 246 valence electrons. The summed E-state index contributed by atoms with van der Waals surface area (Å²) < 4.78 is 35.3. The van der Waals surface area contributed by atoms with Crippen LogP contribution in [0.1, 0.15) is 56.6 Å². The van der Waals surface area contributed by atoms with Crippen molar-refractivity contribution in [1.29, 1.82) is 0 Å². The van der Waals surface area contributed by atoms with E-state index in [-0.39, 0.29) is 23.4 Å². The van der Waals surface area contributed by atoms with Crippen molar-refractivity contribution in [3.05, 3.63) is 120 Å². The van der Waals surface area contributed by atoms with Crippen molar-refractivity contribution < 1.29 is 22.7 Å². The van der Waals surface area contributed by atoms with E-state index in [0.29, 0.717) is 23.6 Å². The second-order valence-corrected chi connectivity index (χ2v) is 13.9. The van der Waals surface area contributed by atoms with Crippen LogP contribution in [0.3, 0.4) is 0 Å². The highest BCUT2D eigenvalue weighted by molar-refractivity contribution is 7.92. The Kier molecular flexibility index (Phi) is 11.3. The smallest absolute Gasteiger partial charge is 0.264 e. The number of carbonyl (C=O) groups is 2. The van der Waals surface area contributed by atoms with Crippen LogP contribution in [0.2, 0.25) is 0 Å². The van der Waals surface area contributed by atoms with Crippen LogP contribution in [0.4, 0.5) is 5.69 Å². The molecule has 1 saturated carbocycles. The van der Waals surface area contributed by atoms with Gasteiger partial charge in [0.1, 0.15) is 24.1 Å². The van der Waals surface area contributed by atoms with Crippen molar-refractivity contribution in [3.8, 4) is 11.5 Å². The molecule has 1 aliphatic carbocycles. The quantitative estimate of drug-likeness (QED) is 0.164. The van der Waals surface area contributed by atoms with E-state index in [1.165, 1.54) is 17.0 Å². The van der Waals surface area contributed by atoms with E-state index in [1.54, 1.807) is 42.5 Å². The van der Waals surface area contributed by atoms with Gasteiger partial charge in [-0.05, 0) is 80.3 Å². The Balaban J connectivity index is 1.47. The maximum absolute atomic E-state index is 14.4. The lowest BCUT2D eigenvalue weighted by atomic mass is 9.95. The van der Waals surface area contributed by atoms with Gasteiger partial charge in [-0.15, -0.1) is 0 Å². The van der Waals surface area contributed by atoms with Crippen molar-refractivity contribution in [2.75, 3.05) is 10.8 Å². The van der Waals surface area contributed by atoms with Crippen LogP contribution in [-0.2, 0) is 26.2 Å². The summed E-state index contributed by atoms with van der Waals surface area (Å²) in [4.78, 5) is 29.7. The van der Waals surface area contributed by atoms with Gasteiger partial charge in [-0.2, -0.15) is 0 Å². The Bertz CT molecular complexity index is 1710. The average Bonchev–Trinajstić information content (AvgIpc) is 3.09. The number of rotatable bonds is 13. The number of sulfonamides is 1. The van der Waals surface area contributed by atoms with Gasteiger partial charge in [0.25, 0.3) is 10.0 Å². The summed E-state index contributed by atoms with van der Waals surface area (Å²) in [6, 6.07) is 31.1. The molecular formula is C38H43N3O5S. The molecule has 5 rings (SSSR count). The molecule has 2 amide bonds. The van der Waals surface area contributed by atoms with Crippen LogP contribution in [-0.4, -0.2) is 43.8 Å². The molecule has 47 heavy (non-hydrogen) atoms. The zero-order valence-corrected chi connectivity index (χ0v) is 27.9. The molecule has 9 heteroatoms. The number of aryl methyl sites for hydroxylation is 1. The molecule has 4 aromatic carbocycles. The summed E-state index contributed by atoms with van der Waals surface area (Å²) in [6.45, 7) is 3.54. The predicted octanol–water partition coefficient (Wildman–Crippen LogP) is 7.24. The highest BCUT2D eigenvalue weighted by Crippen LogP contribution is 2.29. The molecule has 1 N–H and O–H groups in total. The number of amides is 2. The van der Waals surface area contributed by atoms with Crippen LogP contribution in [0, 0.1) is 6.92 Å². The third-order valence-electron chi connectivity index (χ3n) is 8.52. The second-order valence-electron chi connectivity index (χ2n) is 12.0. The Hall–Kier alpha value is -4.63. The van der Waals surface area contributed by atoms with Crippen LogP contribution in [0.25, 0.3) is 0 Å². The van der Waals surface area contributed by atoms with Crippen molar-refractivity contribution in [2.24, 2.45) is 0 Å². The van der Waals surface area contributed by atoms with Crippen molar-refractivity contribution in [1.82, 2.24) is 10.2 Å². The molecule has 1 atom stereocenters. The zero-order chi connectivity index (χ0) is 33.2. The van der Waals surface area contributed by atoms with Gasteiger partial charge in [0.2, 0.25) is 11.8 Å². The van der Waals surface area contributed by atoms with E-state index in [1.807, 2.05) is 68.4 Å². The van der Waals surface area contributed by atoms with Crippen LogP contribution >= 0.6 is 0 Å². The lowest BCUT2D eigenvalue weighted by Gasteiger charge is -2.34. The first-order valence-corrected chi connectivity index (χ1v) is 17.7. The van der Waals surface area contributed by atoms with Gasteiger partial charge >= 0.3 is 0 Å². The number of para-hydroxylation sites is 1. The maximum atomic E-state index is 14.4.